The standard InChI is InChI=1S/C23H22N2O2/c1-2-3-6-16-11-13-18(14-12-16)24-21(26)15-25-20-10-5-8-17-7-4-9-19(22(17)20)23(25)27/h4-5,7-14H,2-3,6,15H2,1H3,(H,24,26). The van der Waals surface area contributed by atoms with Crippen LogP contribution in [0.3, 0.4) is 0 Å². The van der Waals surface area contributed by atoms with Crippen LogP contribution in [0.4, 0.5) is 11.4 Å². The molecule has 1 heterocycles. The number of hydrogen-bond donors (Lipinski definition) is 1. The second kappa shape index (κ2) is 7.23. The summed E-state index contributed by atoms with van der Waals surface area (Å²) in [4.78, 5) is 26.9. The molecule has 0 aliphatic carbocycles. The molecule has 136 valence electrons. The summed E-state index contributed by atoms with van der Waals surface area (Å²) in [7, 11) is 0. The Bertz CT molecular complexity index is 1000. The Morgan fingerprint density at radius 3 is 2.48 bits per heavy atom. The molecule has 3 aromatic rings. The van der Waals surface area contributed by atoms with Crippen LogP contribution >= 0.6 is 0 Å². The normalized spacial score (nSPS) is 12.6. The number of unbranched alkanes of at least 4 members (excludes halogenated alkanes) is 1. The Morgan fingerprint density at radius 1 is 1.00 bits per heavy atom. The molecule has 1 aliphatic heterocycles. The first-order valence-electron chi connectivity index (χ1n) is 9.40. The fourth-order valence-corrected chi connectivity index (χ4v) is 3.62. The molecule has 2 amide bonds. The van der Waals surface area contributed by atoms with E-state index in [-0.39, 0.29) is 18.4 Å². The number of benzene rings is 3. The lowest BCUT2D eigenvalue weighted by molar-refractivity contribution is -0.114. The summed E-state index contributed by atoms with van der Waals surface area (Å²) in [6.45, 7) is 2.18. The van der Waals surface area contributed by atoms with E-state index in [2.05, 4.69) is 12.2 Å². The SMILES string of the molecule is CCCCc1ccc(NC(=O)CN2C(=O)c3cccc4cccc2c34)cc1. The number of hydrogen-bond acceptors (Lipinski definition) is 2. The monoisotopic (exact) mass is 358 g/mol. The third-order valence-electron chi connectivity index (χ3n) is 5.01. The Hall–Kier alpha value is -3.14. The van der Waals surface area contributed by atoms with Crippen molar-refractivity contribution in [2.75, 3.05) is 16.8 Å². The van der Waals surface area contributed by atoms with E-state index >= 15 is 0 Å². The lowest BCUT2D eigenvalue weighted by atomic mass is 10.1. The van der Waals surface area contributed by atoms with Gasteiger partial charge in [-0.05, 0) is 48.1 Å². The zero-order chi connectivity index (χ0) is 18.8. The highest BCUT2D eigenvalue weighted by atomic mass is 16.2. The van der Waals surface area contributed by atoms with Crippen molar-refractivity contribution < 1.29 is 9.59 Å². The number of rotatable bonds is 6. The van der Waals surface area contributed by atoms with E-state index in [1.807, 2.05) is 60.7 Å². The van der Waals surface area contributed by atoms with Crippen molar-refractivity contribution in [3.8, 4) is 0 Å². The second-order valence-electron chi connectivity index (χ2n) is 6.92. The van der Waals surface area contributed by atoms with Gasteiger partial charge in [0.2, 0.25) is 5.91 Å². The fourth-order valence-electron chi connectivity index (χ4n) is 3.62. The zero-order valence-electron chi connectivity index (χ0n) is 15.4. The van der Waals surface area contributed by atoms with Crippen LogP contribution in [-0.2, 0) is 11.2 Å². The first kappa shape index (κ1) is 17.3. The van der Waals surface area contributed by atoms with Crippen LogP contribution < -0.4 is 10.2 Å². The molecule has 3 aromatic carbocycles. The highest BCUT2D eigenvalue weighted by molar-refractivity contribution is 6.26. The fraction of sp³-hybridized carbons (Fsp3) is 0.217. The molecule has 0 saturated heterocycles. The van der Waals surface area contributed by atoms with Gasteiger partial charge in [-0.25, -0.2) is 0 Å². The number of nitrogens with one attached hydrogen (secondary N) is 1. The van der Waals surface area contributed by atoms with Crippen LogP contribution in [0.2, 0.25) is 0 Å². The maximum absolute atomic E-state index is 12.8. The van der Waals surface area contributed by atoms with E-state index in [9.17, 15) is 9.59 Å². The molecule has 0 fully saturated rings. The van der Waals surface area contributed by atoms with Crippen molar-refractivity contribution in [2.24, 2.45) is 0 Å². The summed E-state index contributed by atoms with van der Waals surface area (Å²) in [5.74, 6) is -0.318. The molecule has 0 radical (unpaired) electrons. The largest absolute Gasteiger partial charge is 0.325 e. The first-order chi connectivity index (χ1) is 13.2. The molecule has 4 rings (SSSR count). The molecule has 1 N–H and O–H groups in total. The van der Waals surface area contributed by atoms with E-state index in [4.69, 9.17) is 0 Å². The van der Waals surface area contributed by atoms with Gasteiger partial charge in [-0.15, -0.1) is 0 Å². The van der Waals surface area contributed by atoms with Crippen LogP contribution in [0.1, 0.15) is 35.7 Å². The summed E-state index contributed by atoms with van der Waals surface area (Å²) in [6, 6.07) is 19.4. The molecule has 4 heteroatoms. The molecular weight excluding hydrogens is 336 g/mol. The number of carbonyl (C=O) groups is 2. The minimum absolute atomic E-state index is 0.00418. The van der Waals surface area contributed by atoms with Gasteiger partial charge in [-0.3, -0.25) is 14.5 Å². The van der Waals surface area contributed by atoms with Crippen molar-refractivity contribution in [1.82, 2.24) is 0 Å². The van der Waals surface area contributed by atoms with Crippen molar-refractivity contribution in [2.45, 2.75) is 26.2 Å². The van der Waals surface area contributed by atoms with Gasteiger partial charge in [0.15, 0.2) is 0 Å². The van der Waals surface area contributed by atoms with E-state index < -0.39 is 0 Å². The topological polar surface area (TPSA) is 49.4 Å². The third-order valence-corrected chi connectivity index (χ3v) is 5.01. The first-order valence-corrected chi connectivity index (χ1v) is 9.40. The summed E-state index contributed by atoms with van der Waals surface area (Å²) in [5.41, 5.74) is 3.49. The minimum atomic E-state index is -0.200. The Labute approximate surface area is 158 Å². The van der Waals surface area contributed by atoms with E-state index in [1.165, 1.54) is 5.56 Å². The maximum atomic E-state index is 12.8. The highest BCUT2D eigenvalue weighted by Crippen LogP contribution is 2.36. The van der Waals surface area contributed by atoms with Gasteiger partial charge in [0, 0.05) is 16.6 Å². The van der Waals surface area contributed by atoms with Crippen LogP contribution in [0, 0.1) is 0 Å². The maximum Gasteiger partial charge on any atom is 0.259 e. The van der Waals surface area contributed by atoms with Crippen LogP contribution in [0.15, 0.2) is 60.7 Å². The Morgan fingerprint density at radius 2 is 1.74 bits per heavy atom. The average molecular weight is 358 g/mol. The summed E-state index contributed by atoms with van der Waals surface area (Å²) in [5, 5.41) is 4.84. The molecule has 0 saturated carbocycles. The molecular formula is C23H22N2O2. The molecule has 0 aromatic heterocycles. The molecule has 27 heavy (non-hydrogen) atoms. The number of nitrogens with zero attached hydrogens (tertiary/aromatic N) is 1. The number of carbonyl (C=O) groups excluding carboxylic acids is 2. The molecule has 0 unspecified atom stereocenters. The smallest absolute Gasteiger partial charge is 0.259 e. The van der Waals surface area contributed by atoms with Gasteiger partial charge in [-0.1, -0.05) is 49.7 Å². The second-order valence-corrected chi connectivity index (χ2v) is 6.92. The van der Waals surface area contributed by atoms with Gasteiger partial charge in [-0.2, -0.15) is 0 Å². The quantitative estimate of drug-likeness (QED) is 0.689. The van der Waals surface area contributed by atoms with Crippen molar-refractivity contribution in [1.29, 1.82) is 0 Å². The Balaban J connectivity index is 1.48. The van der Waals surface area contributed by atoms with Crippen LogP contribution in [-0.4, -0.2) is 18.4 Å². The molecule has 4 nitrogen and oxygen atoms in total. The predicted molar refractivity (Wildman–Crippen MR) is 109 cm³/mol. The Kier molecular flexibility index (Phi) is 4.63. The van der Waals surface area contributed by atoms with Gasteiger partial charge in [0.25, 0.3) is 5.91 Å². The third kappa shape index (κ3) is 3.31. The summed E-state index contributed by atoms with van der Waals surface area (Å²) >= 11 is 0. The van der Waals surface area contributed by atoms with Crippen molar-refractivity contribution in [3.63, 3.8) is 0 Å². The molecule has 1 aliphatic rings. The van der Waals surface area contributed by atoms with E-state index in [0.717, 1.165) is 41.4 Å². The van der Waals surface area contributed by atoms with Crippen molar-refractivity contribution >= 4 is 34.0 Å². The van der Waals surface area contributed by atoms with Crippen LogP contribution in [0.5, 0.6) is 0 Å². The summed E-state index contributed by atoms with van der Waals surface area (Å²) in [6.07, 6.45) is 3.38. The number of amides is 2. The van der Waals surface area contributed by atoms with Gasteiger partial charge >= 0.3 is 0 Å². The number of aryl methyl sites for hydroxylation is 1. The van der Waals surface area contributed by atoms with Gasteiger partial charge in [0.1, 0.15) is 6.54 Å². The predicted octanol–water partition coefficient (Wildman–Crippen LogP) is 4.78. The van der Waals surface area contributed by atoms with Gasteiger partial charge in [0.05, 0.1) is 5.69 Å². The van der Waals surface area contributed by atoms with E-state index in [1.54, 1.807) is 4.90 Å². The van der Waals surface area contributed by atoms with Crippen molar-refractivity contribution in [3.05, 3.63) is 71.8 Å². The molecule has 0 bridgehead atoms. The van der Waals surface area contributed by atoms with E-state index in [0.29, 0.717) is 5.56 Å². The lowest BCUT2D eigenvalue weighted by Gasteiger charge is -2.17. The minimum Gasteiger partial charge on any atom is -0.325 e. The zero-order valence-corrected chi connectivity index (χ0v) is 15.4. The lowest BCUT2D eigenvalue weighted by Crippen LogP contribution is -2.35. The van der Waals surface area contributed by atoms with Gasteiger partial charge < -0.3 is 5.32 Å². The van der Waals surface area contributed by atoms with Crippen LogP contribution in [0.25, 0.3) is 10.8 Å². The average Bonchev–Trinajstić information content (AvgIpc) is 2.95. The summed E-state index contributed by atoms with van der Waals surface area (Å²) < 4.78 is 0. The highest BCUT2D eigenvalue weighted by Gasteiger charge is 2.30. The molecule has 0 spiro atoms. The molecule has 0 atom stereocenters. The number of anilines is 2.